The maximum Gasteiger partial charge on any atom is 0.0956 e. The summed E-state index contributed by atoms with van der Waals surface area (Å²) in [5, 5.41) is 4.62. The van der Waals surface area contributed by atoms with Crippen LogP contribution in [0.2, 0.25) is 0 Å². The van der Waals surface area contributed by atoms with E-state index in [1.54, 1.807) is 0 Å². The molecule has 1 fully saturated rings. The maximum atomic E-state index is 5.77. The zero-order valence-corrected chi connectivity index (χ0v) is 8.49. The lowest BCUT2D eigenvalue weighted by atomic mass is 10.0. The minimum Gasteiger partial charge on any atom is -0.371 e. The fourth-order valence-corrected chi connectivity index (χ4v) is 2.16. The van der Waals surface area contributed by atoms with E-state index in [0.717, 1.165) is 19.7 Å². The molecule has 3 heteroatoms. The molecule has 0 bridgehead atoms. The molecule has 2 aromatic rings. The van der Waals surface area contributed by atoms with Crippen LogP contribution < -0.4 is 5.32 Å². The normalized spacial score (nSPS) is 22.0. The first-order valence-corrected chi connectivity index (χ1v) is 5.33. The zero-order chi connectivity index (χ0) is 10.1. The molecule has 15 heavy (non-hydrogen) atoms. The molecule has 2 N–H and O–H groups in total. The van der Waals surface area contributed by atoms with Gasteiger partial charge in [0.25, 0.3) is 0 Å². The summed E-state index contributed by atoms with van der Waals surface area (Å²) < 4.78 is 5.77. The quantitative estimate of drug-likeness (QED) is 0.740. The number of hydrogen-bond acceptors (Lipinski definition) is 2. The highest BCUT2D eigenvalue weighted by atomic mass is 16.5. The first-order valence-electron chi connectivity index (χ1n) is 5.33. The van der Waals surface area contributed by atoms with Crippen LogP contribution in [0.4, 0.5) is 0 Å². The molecule has 3 rings (SSSR count). The molecule has 0 radical (unpaired) electrons. The minimum absolute atomic E-state index is 0.193. The molecule has 0 spiro atoms. The average molecular weight is 202 g/mol. The van der Waals surface area contributed by atoms with E-state index in [1.165, 1.54) is 16.5 Å². The monoisotopic (exact) mass is 202 g/mol. The van der Waals surface area contributed by atoms with E-state index in [1.807, 2.05) is 6.20 Å². The molecule has 0 aliphatic carbocycles. The van der Waals surface area contributed by atoms with Gasteiger partial charge in [-0.25, -0.2) is 0 Å². The molecule has 1 aliphatic heterocycles. The van der Waals surface area contributed by atoms with E-state index in [0.29, 0.717) is 0 Å². The van der Waals surface area contributed by atoms with Crippen LogP contribution in [-0.4, -0.2) is 24.7 Å². The number of benzene rings is 1. The van der Waals surface area contributed by atoms with Gasteiger partial charge in [-0.15, -0.1) is 0 Å². The Morgan fingerprint density at radius 3 is 3.13 bits per heavy atom. The Bertz CT molecular complexity index is 457. The number of nitrogens with one attached hydrogen (secondary N) is 2. The van der Waals surface area contributed by atoms with Crippen LogP contribution in [0.1, 0.15) is 11.7 Å². The number of aromatic amines is 1. The molecular weight excluding hydrogens is 188 g/mol. The number of H-pyrrole nitrogens is 1. The molecule has 1 aromatic heterocycles. The summed E-state index contributed by atoms with van der Waals surface area (Å²) in [7, 11) is 0. The van der Waals surface area contributed by atoms with Gasteiger partial charge in [0.05, 0.1) is 12.7 Å². The van der Waals surface area contributed by atoms with Gasteiger partial charge in [0, 0.05) is 30.2 Å². The van der Waals surface area contributed by atoms with Crippen molar-refractivity contribution in [2.45, 2.75) is 6.10 Å². The van der Waals surface area contributed by atoms with Crippen LogP contribution >= 0.6 is 0 Å². The SMILES string of the molecule is c1cc(C2CNCCO2)c2cc[nH]c2c1. The summed E-state index contributed by atoms with van der Waals surface area (Å²) in [6.07, 6.45) is 2.17. The largest absolute Gasteiger partial charge is 0.371 e. The highest BCUT2D eigenvalue weighted by Gasteiger charge is 2.17. The van der Waals surface area contributed by atoms with Crippen molar-refractivity contribution in [3.05, 3.63) is 36.0 Å². The van der Waals surface area contributed by atoms with Gasteiger partial charge in [-0.05, 0) is 17.7 Å². The number of fused-ring (bicyclic) bond motifs is 1. The van der Waals surface area contributed by atoms with Gasteiger partial charge in [-0.2, -0.15) is 0 Å². The van der Waals surface area contributed by atoms with E-state index in [2.05, 4.69) is 34.6 Å². The standard InChI is InChI=1S/C12H14N2O/c1-2-10(12-8-13-6-7-15-12)9-4-5-14-11(9)3-1/h1-5,12-14H,6-8H2. The Balaban J connectivity index is 2.05. The number of morpholine rings is 1. The van der Waals surface area contributed by atoms with E-state index in [4.69, 9.17) is 4.74 Å². The van der Waals surface area contributed by atoms with Crippen LogP contribution in [0.25, 0.3) is 10.9 Å². The molecular formula is C12H14N2O. The fourth-order valence-electron chi connectivity index (χ4n) is 2.16. The Morgan fingerprint density at radius 2 is 2.27 bits per heavy atom. The van der Waals surface area contributed by atoms with Gasteiger partial charge in [-0.1, -0.05) is 12.1 Å². The van der Waals surface area contributed by atoms with Crippen LogP contribution in [0.15, 0.2) is 30.5 Å². The smallest absolute Gasteiger partial charge is 0.0956 e. The van der Waals surface area contributed by atoms with Crippen molar-refractivity contribution in [2.24, 2.45) is 0 Å². The molecule has 0 saturated carbocycles. The summed E-state index contributed by atoms with van der Waals surface area (Å²) in [4.78, 5) is 3.22. The Labute approximate surface area is 88.4 Å². The second-order valence-electron chi connectivity index (χ2n) is 3.85. The molecule has 2 heterocycles. The Kier molecular flexibility index (Phi) is 2.19. The maximum absolute atomic E-state index is 5.77. The number of rotatable bonds is 1. The summed E-state index contributed by atoms with van der Waals surface area (Å²) in [5.74, 6) is 0. The number of hydrogen-bond donors (Lipinski definition) is 2. The average Bonchev–Trinajstić information content (AvgIpc) is 2.78. The van der Waals surface area contributed by atoms with E-state index in [-0.39, 0.29) is 6.10 Å². The van der Waals surface area contributed by atoms with Crippen LogP contribution in [0.5, 0.6) is 0 Å². The van der Waals surface area contributed by atoms with Crippen molar-refractivity contribution < 1.29 is 4.74 Å². The predicted molar refractivity (Wildman–Crippen MR) is 59.9 cm³/mol. The molecule has 1 unspecified atom stereocenters. The second kappa shape index (κ2) is 3.68. The summed E-state index contributed by atoms with van der Waals surface area (Å²) in [6, 6.07) is 8.43. The second-order valence-corrected chi connectivity index (χ2v) is 3.85. The number of ether oxygens (including phenoxy) is 1. The predicted octanol–water partition coefficient (Wildman–Crippen LogP) is 1.83. The van der Waals surface area contributed by atoms with Crippen molar-refractivity contribution in [3.63, 3.8) is 0 Å². The van der Waals surface area contributed by atoms with Crippen molar-refractivity contribution in [2.75, 3.05) is 19.7 Å². The summed E-state index contributed by atoms with van der Waals surface area (Å²) in [5.41, 5.74) is 2.46. The van der Waals surface area contributed by atoms with Gasteiger partial charge in [0.1, 0.15) is 0 Å². The van der Waals surface area contributed by atoms with Crippen molar-refractivity contribution in [1.82, 2.24) is 10.3 Å². The Hall–Kier alpha value is -1.32. The highest BCUT2D eigenvalue weighted by molar-refractivity contribution is 5.83. The molecule has 0 amide bonds. The van der Waals surface area contributed by atoms with Gasteiger partial charge < -0.3 is 15.0 Å². The lowest BCUT2D eigenvalue weighted by molar-refractivity contribution is 0.0286. The van der Waals surface area contributed by atoms with Crippen molar-refractivity contribution in [1.29, 1.82) is 0 Å². The topological polar surface area (TPSA) is 37.0 Å². The highest BCUT2D eigenvalue weighted by Crippen LogP contribution is 2.26. The van der Waals surface area contributed by atoms with Gasteiger partial charge in [0.15, 0.2) is 0 Å². The Morgan fingerprint density at radius 1 is 1.27 bits per heavy atom. The molecule has 1 saturated heterocycles. The molecule has 78 valence electrons. The first kappa shape index (κ1) is 8.95. The van der Waals surface area contributed by atoms with Gasteiger partial charge in [0.2, 0.25) is 0 Å². The van der Waals surface area contributed by atoms with Crippen LogP contribution in [0, 0.1) is 0 Å². The van der Waals surface area contributed by atoms with E-state index >= 15 is 0 Å². The zero-order valence-electron chi connectivity index (χ0n) is 8.49. The molecule has 1 aromatic carbocycles. The third-order valence-corrected chi connectivity index (χ3v) is 2.90. The first-order chi connectivity index (χ1) is 7.45. The number of aromatic nitrogens is 1. The molecule has 1 atom stereocenters. The van der Waals surface area contributed by atoms with Crippen LogP contribution in [0.3, 0.4) is 0 Å². The van der Waals surface area contributed by atoms with Crippen molar-refractivity contribution >= 4 is 10.9 Å². The fraction of sp³-hybridized carbons (Fsp3) is 0.333. The minimum atomic E-state index is 0.193. The van der Waals surface area contributed by atoms with E-state index < -0.39 is 0 Å². The third kappa shape index (κ3) is 1.54. The molecule has 3 nitrogen and oxygen atoms in total. The third-order valence-electron chi connectivity index (χ3n) is 2.90. The lowest BCUT2D eigenvalue weighted by Gasteiger charge is -2.24. The summed E-state index contributed by atoms with van der Waals surface area (Å²) in [6.45, 7) is 2.66. The van der Waals surface area contributed by atoms with Crippen LogP contribution in [-0.2, 0) is 4.74 Å². The van der Waals surface area contributed by atoms with Crippen molar-refractivity contribution in [3.8, 4) is 0 Å². The van der Waals surface area contributed by atoms with E-state index in [9.17, 15) is 0 Å². The van der Waals surface area contributed by atoms with Gasteiger partial charge in [-0.3, -0.25) is 0 Å². The lowest BCUT2D eigenvalue weighted by Crippen LogP contribution is -2.33. The molecule has 1 aliphatic rings. The van der Waals surface area contributed by atoms with Gasteiger partial charge >= 0.3 is 0 Å². The summed E-state index contributed by atoms with van der Waals surface area (Å²) >= 11 is 0.